The lowest BCUT2D eigenvalue weighted by atomic mass is 10.0. The average molecular weight is 1050 g/mol. The largest absolute Gasteiger partial charge is 0.462 e. The van der Waals surface area contributed by atoms with Crippen molar-refractivity contribution in [3.8, 4) is 0 Å². The molecule has 6 nitrogen and oxygen atoms in total. The molecular formula is C68H132O6. The summed E-state index contributed by atoms with van der Waals surface area (Å²) in [5.41, 5.74) is 0. The summed E-state index contributed by atoms with van der Waals surface area (Å²) >= 11 is 0. The van der Waals surface area contributed by atoms with Gasteiger partial charge in [-0.1, -0.05) is 361 Å². The van der Waals surface area contributed by atoms with E-state index in [0.29, 0.717) is 19.3 Å². The van der Waals surface area contributed by atoms with E-state index < -0.39 is 6.10 Å². The highest BCUT2D eigenvalue weighted by Gasteiger charge is 2.19. The van der Waals surface area contributed by atoms with Crippen LogP contribution >= 0.6 is 0 Å². The van der Waals surface area contributed by atoms with Crippen LogP contribution in [0.3, 0.4) is 0 Å². The first-order valence-electron chi connectivity index (χ1n) is 34.0. The van der Waals surface area contributed by atoms with Crippen molar-refractivity contribution in [3.63, 3.8) is 0 Å². The highest BCUT2D eigenvalue weighted by molar-refractivity contribution is 5.71. The van der Waals surface area contributed by atoms with Gasteiger partial charge in [0.05, 0.1) is 0 Å². The van der Waals surface area contributed by atoms with Crippen LogP contribution in [0.25, 0.3) is 0 Å². The molecule has 1 atom stereocenters. The summed E-state index contributed by atoms with van der Waals surface area (Å²) < 4.78 is 16.9. The lowest BCUT2D eigenvalue weighted by Gasteiger charge is -2.18. The molecule has 0 aliphatic carbocycles. The molecule has 0 fully saturated rings. The van der Waals surface area contributed by atoms with E-state index in [-0.39, 0.29) is 31.1 Å². The zero-order valence-corrected chi connectivity index (χ0v) is 50.7. The normalized spacial score (nSPS) is 11.9. The molecule has 1 unspecified atom stereocenters. The topological polar surface area (TPSA) is 78.9 Å². The Morgan fingerprint density at radius 3 is 0.541 bits per heavy atom. The van der Waals surface area contributed by atoms with E-state index in [9.17, 15) is 14.4 Å². The second-order valence-electron chi connectivity index (χ2n) is 23.5. The molecule has 0 aliphatic heterocycles. The Morgan fingerprint density at radius 2 is 0.365 bits per heavy atom. The quantitative estimate of drug-likeness (QED) is 0.0343. The summed E-state index contributed by atoms with van der Waals surface area (Å²) in [6.07, 6.45) is 74.4. The highest BCUT2D eigenvalue weighted by atomic mass is 16.6. The molecule has 0 aromatic carbocycles. The molecule has 0 saturated heterocycles. The Morgan fingerprint density at radius 1 is 0.216 bits per heavy atom. The number of rotatable bonds is 64. The molecule has 74 heavy (non-hydrogen) atoms. The van der Waals surface area contributed by atoms with Crippen LogP contribution in [0, 0.1) is 0 Å². The molecule has 0 aliphatic rings. The number of unbranched alkanes of at least 4 members (excludes halogenated alkanes) is 53. The van der Waals surface area contributed by atoms with Gasteiger partial charge in [0.1, 0.15) is 13.2 Å². The third-order valence-electron chi connectivity index (χ3n) is 15.9. The first-order valence-corrected chi connectivity index (χ1v) is 34.0. The fourth-order valence-electron chi connectivity index (χ4n) is 10.7. The monoisotopic (exact) mass is 1050 g/mol. The molecule has 0 amide bonds. The van der Waals surface area contributed by atoms with Crippen molar-refractivity contribution in [2.24, 2.45) is 0 Å². The number of carbonyl (C=O) groups is 3. The van der Waals surface area contributed by atoms with Gasteiger partial charge in [-0.25, -0.2) is 0 Å². The van der Waals surface area contributed by atoms with Gasteiger partial charge >= 0.3 is 17.9 Å². The predicted octanol–water partition coefficient (Wildman–Crippen LogP) is 23.1. The van der Waals surface area contributed by atoms with Crippen LogP contribution in [-0.4, -0.2) is 37.2 Å². The maximum absolute atomic E-state index is 12.9. The third kappa shape index (κ3) is 61.3. The lowest BCUT2D eigenvalue weighted by Crippen LogP contribution is -2.30. The van der Waals surface area contributed by atoms with Gasteiger partial charge in [0, 0.05) is 19.3 Å². The van der Waals surface area contributed by atoms with Gasteiger partial charge in [0.2, 0.25) is 0 Å². The zero-order valence-electron chi connectivity index (χ0n) is 50.7. The molecule has 0 spiro atoms. The molecule has 440 valence electrons. The SMILES string of the molecule is CCCCCCCCCCCCCCCCCCCCCCCCCCCCCCCCC(=O)OCC(COC(=O)CCCCCCCCCCC)OC(=O)CCCCCCCCCCCCCCCCCCC. The van der Waals surface area contributed by atoms with E-state index in [0.717, 1.165) is 57.8 Å². The van der Waals surface area contributed by atoms with Crippen LogP contribution in [0.15, 0.2) is 0 Å². The fraction of sp³-hybridized carbons (Fsp3) is 0.956. The van der Waals surface area contributed by atoms with Gasteiger partial charge in [-0.2, -0.15) is 0 Å². The molecule has 0 N–H and O–H groups in total. The Kier molecular flexibility index (Phi) is 62.6. The first-order chi connectivity index (χ1) is 36.5. The molecule has 0 saturated carbocycles. The smallest absolute Gasteiger partial charge is 0.306 e. The van der Waals surface area contributed by atoms with Crippen molar-refractivity contribution in [2.45, 2.75) is 406 Å². The van der Waals surface area contributed by atoms with E-state index in [1.54, 1.807) is 0 Å². The number of hydrogen-bond donors (Lipinski definition) is 0. The Hall–Kier alpha value is -1.59. The van der Waals surface area contributed by atoms with Crippen molar-refractivity contribution < 1.29 is 28.6 Å². The maximum atomic E-state index is 12.9. The van der Waals surface area contributed by atoms with Crippen LogP contribution in [0.2, 0.25) is 0 Å². The van der Waals surface area contributed by atoms with Crippen LogP contribution in [0.5, 0.6) is 0 Å². The second kappa shape index (κ2) is 63.9. The Bertz CT molecular complexity index is 1110. The van der Waals surface area contributed by atoms with Crippen molar-refractivity contribution in [1.29, 1.82) is 0 Å². The minimum absolute atomic E-state index is 0.0610. The third-order valence-corrected chi connectivity index (χ3v) is 15.9. The summed E-state index contributed by atoms with van der Waals surface area (Å²) in [6.45, 7) is 6.71. The summed E-state index contributed by atoms with van der Waals surface area (Å²) in [4.78, 5) is 38.2. The standard InChI is InChI=1S/C68H132O6/c1-4-7-10-13-16-19-21-23-25-27-28-29-30-31-32-33-34-35-36-37-38-39-41-42-44-46-49-52-55-58-61-67(70)73-64-65(63-72-66(69)60-57-54-51-48-18-15-12-9-6-3)74-68(71)62-59-56-53-50-47-45-43-40-26-24-22-20-17-14-11-8-5-2/h65H,4-64H2,1-3H3. The van der Waals surface area contributed by atoms with Crippen molar-refractivity contribution in [2.75, 3.05) is 13.2 Å². The number of esters is 3. The lowest BCUT2D eigenvalue weighted by molar-refractivity contribution is -0.167. The summed E-state index contributed by atoms with van der Waals surface area (Å²) in [7, 11) is 0. The van der Waals surface area contributed by atoms with E-state index in [4.69, 9.17) is 14.2 Å². The van der Waals surface area contributed by atoms with Gasteiger partial charge in [0.15, 0.2) is 6.10 Å². The van der Waals surface area contributed by atoms with Gasteiger partial charge in [-0.05, 0) is 19.3 Å². The zero-order chi connectivity index (χ0) is 53.6. The van der Waals surface area contributed by atoms with Gasteiger partial charge < -0.3 is 14.2 Å². The minimum Gasteiger partial charge on any atom is -0.462 e. The van der Waals surface area contributed by atoms with Crippen LogP contribution in [-0.2, 0) is 28.6 Å². The highest BCUT2D eigenvalue weighted by Crippen LogP contribution is 2.19. The van der Waals surface area contributed by atoms with E-state index >= 15 is 0 Å². The molecule has 0 radical (unpaired) electrons. The van der Waals surface area contributed by atoms with Crippen molar-refractivity contribution in [1.82, 2.24) is 0 Å². The second-order valence-corrected chi connectivity index (χ2v) is 23.5. The van der Waals surface area contributed by atoms with Gasteiger partial charge in [0.25, 0.3) is 0 Å². The number of carbonyl (C=O) groups excluding carboxylic acids is 3. The summed E-state index contributed by atoms with van der Waals surface area (Å²) in [6, 6.07) is 0. The number of hydrogen-bond acceptors (Lipinski definition) is 6. The van der Waals surface area contributed by atoms with Crippen LogP contribution in [0.1, 0.15) is 400 Å². The molecule has 0 rings (SSSR count). The molecule has 0 heterocycles. The molecule has 0 aromatic heterocycles. The fourth-order valence-corrected chi connectivity index (χ4v) is 10.7. The summed E-state index contributed by atoms with van der Waals surface area (Å²) in [5.74, 6) is -0.830. The molecule has 0 aromatic rings. The van der Waals surface area contributed by atoms with E-state index in [1.165, 1.54) is 302 Å². The van der Waals surface area contributed by atoms with E-state index in [2.05, 4.69) is 20.8 Å². The van der Waals surface area contributed by atoms with E-state index in [1.807, 2.05) is 0 Å². The van der Waals surface area contributed by atoms with Gasteiger partial charge in [-0.15, -0.1) is 0 Å². The van der Waals surface area contributed by atoms with Crippen molar-refractivity contribution >= 4 is 17.9 Å². The van der Waals surface area contributed by atoms with Crippen LogP contribution < -0.4 is 0 Å². The maximum Gasteiger partial charge on any atom is 0.306 e. The average Bonchev–Trinajstić information content (AvgIpc) is 3.40. The number of ether oxygens (including phenoxy) is 3. The van der Waals surface area contributed by atoms with Crippen molar-refractivity contribution in [3.05, 3.63) is 0 Å². The Balaban J connectivity index is 4.02. The minimum atomic E-state index is -0.761. The molecular weight excluding hydrogens is 913 g/mol. The first kappa shape index (κ1) is 72.4. The van der Waals surface area contributed by atoms with Crippen LogP contribution in [0.4, 0.5) is 0 Å². The molecule has 0 bridgehead atoms. The molecule has 6 heteroatoms. The van der Waals surface area contributed by atoms with Gasteiger partial charge in [-0.3, -0.25) is 14.4 Å². The predicted molar refractivity (Wildman–Crippen MR) is 321 cm³/mol. The summed E-state index contributed by atoms with van der Waals surface area (Å²) in [5, 5.41) is 0. The Labute approximate surface area is 463 Å².